The molecule has 7 nitrogen and oxygen atoms in total. The molecule has 0 aliphatic heterocycles. The van der Waals surface area contributed by atoms with E-state index in [9.17, 15) is 27.2 Å². The first kappa shape index (κ1) is 24.8. The van der Waals surface area contributed by atoms with Gasteiger partial charge in [0.1, 0.15) is 5.82 Å². The second kappa shape index (κ2) is 10.4. The number of amides is 1. The number of nitrogens with zero attached hydrogens (tertiary/aromatic N) is 3. The number of rotatable bonds is 8. The van der Waals surface area contributed by atoms with E-state index >= 15 is 0 Å². The number of ether oxygens (including phenoxy) is 1. The average molecular weight is 476 g/mol. The third-order valence-electron chi connectivity index (χ3n) is 4.92. The summed E-state index contributed by atoms with van der Waals surface area (Å²) < 4.78 is 62.4. The summed E-state index contributed by atoms with van der Waals surface area (Å²) in [5, 5.41) is 1.78. The molecule has 1 amide bonds. The van der Waals surface area contributed by atoms with Crippen molar-refractivity contribution in [1.82, 2.24) is 20.2 Å². The number of esters is 1. The van der Waals surface area contributed by atoms with Crippen LogP contribution in [-0.4, -0.2) is 45.7 Å². The van der Waals surface area contributed by atoms with E-state index in [0.29, 0.717) is 10.5 Å². The van der Waals surface area contributed by atoms with Crippen LogP contribution in [0.2, 0.25) is 0 Å². The van der Waals surface area contributed by atoms with Crippen LogP contribution in [0.4, 0.5) is 17.6 Å². The second-order valence-electron chi connectivity index (χ2n) is 7.20. The van der Waals surface area contributed by atoms with Gasteiger partial charge in [-0.15, -0.1) is 0 Å². The molecule has 2 heterocycles. The van der Waals surface area contributed by atoms with E-state index in [-0.39, 0.29) is 5.69 Å². The molecule has 1 aromatic carbocycles. The Morgan fingerprint density at radius 3 is 2.41 bits per heavy atom. The number of hydrogen-bond acceptors (Lipinski definition) is 6. The Hall–Kier alpha value is -3.86. The Kier molecular flexibility index (Phi) is 7.57. The van der Waals surface area contributed by atoms with Gasteiger partial charge in [-0.25, -0.2) is 9.18 Å². The smallest absolute Gasteiger partial charge is 0.436 e. The summed E-state index contributed by atoms with van der Waals surface area (Å²) in [5.74, 6) is -3.92. The lowest BCUT2D eigenvalue weighted by Gasteiger charge is -2.42. The second-order valence-corrected chi connectivity index (χ2v) is 7.20. The van der Waals surface area contributed by atoms with Crippen LogP contribution < -0.4 is 5.32 Å². The van der Waals surface area contributed by atoms with Crippen LogP contribution >= 0.6 is 0 Å². The van der Waals surface area contributed by atoms with Gasteiger partial charge in [-0.3, -0.25) is 19.7 Å². The molecule has 0 spiro atoms. The number of pyridine rings is 2. The van der Waals surface area contributed by atoms with Crippen LogP contribution in [0.25, 0.3) is 0 Å². The Morgan fingerprint density at radius 1 is 1.03 bits per heavy atom. The van der Waals surface area contributed by atoms with Crippen molar-refractivity contribution in [2.24, 2.45) is 0 Å². The molecule has 0 fully saturated rings. The molecule has 1 unspecified atom stereocenters. The van der Waals surface area contributed by atoms with E-state index in [0.717, 1.165) is 25.3 Å². The highest BCUT2D eigenvalue weighted by atomic mass is 19.4. The SMILES string of the molecule is COC(=O)C(NC(=O)c1cccc(F)c1)(N(Cc1cccnc1)Cc1ccccn1)C(F)(F)F. The van der Waals surface area contributed by atoms with E-state index in [1.54, 1.807) is 17.4 Å². The maximum absolute atomic E-state index is 14.8. The number of nitrogens with one attached hydrogen (secondary N) is 1. The zero-order valence-corrected chi connectivity index (χ0v) is 17.9. The molecule has 0 aliphatic carbocycles. The highest BCUT2D eigenvalue weighted by molar-refractivity contribution is 5.98. The van der Waals surface area contributed by atoms with Gasteiger partial charge >= 0.3 is 12.1 Å². The van der Waals surface area contributed by atoms with Crippen LogP contribution in [0.3, 0.4) is 0 Å². The molecular weight excluding hydrogens is 456 g/mol. The van der Waals surface area contributed by atoms with Gasteiger partial charge in [0.15, 0.2) is 0 Å². The fourth-order valence-corrected chi connectivity index (χ4v) is 3.33. The summed E-state index contributed by atoms with van der Waals surface area (Å²) in [5.41, 5.74) is -3.50. The highest BCUT2D eigenvalue weighted by Gasteiger charge is 2.66. The molecule has 0 aliphatic rings. The van der Waals surface area contributed by atoms with Gasteiger partial charge < -0.3 is 10.1 Å². The van der Waals surface area contributed by atoms with Gasteiger partial charge in [0.05, 0.1) is 12.8 Å². The third-order valence-corrected chi connectivity index (χ3v) is 4.92. The fourth-order valence-electron chi connectivity index (χ4n) is 3.33. The summed E-state index contributed by atoms with van der Waals surface area (Å²) in [6, 6.07) is 11.8. The third kappa shape index (κ3) is 5.37. The number of benzene rings is 1. The number of carbonyl (C=O) groups excluding carboxylic acids is 2. The van der Waals surface area contributed by atoms with Gasteiger partial charge in [0, 0.05) is 37.2 Å². The average Bonchev–Trinajstić information content (AvgIpc) is 2.82. The van der Waals surface area contributed by atoms with Gasteiger partial charge in [0.2, 0.25) is 0 Å². The lowest BCUT2D eigenvalue weighted by atomic mass is 10.0. The van der Waals surface area contributed by atoms with Crippen molar-refractivity contribution in [2.45, 2.75) is 24.9 Å². The van der Waals surface area contributed by atoms with Crippen molar-refractivity contribution in [2.75, 3.05) is 7.11 Å². The normalized spacial score (nSPS) is 13.2. The molecule has 11 heteroatoms. The molecule has 0 saturated carbocycles. The summed E-state index contributed by atoms with van der Waals surface area (Å²) in [7, 11) is 0.778. The van der Waals surface area contributed by atoms with Crippen LogP contribution in [0, 0.1) is 5.82 Å². The molecule has 34 heavy (non-hydrogen) atoms. The van der Waals surface area contributed by atoms with Crippen molar-refractivity contribution in [1.29, 1.82) is 0 Å². The molecule has 0 bridgehead atoms. The van der Waals surface area contributed by atoms with Crippen LogP contribution in [-0.2, 0) is 22.6 Å². The van der Waals surface area contributed by atoms with Gasteiger partial charge in [0.25, 0.3) is 11.6 Å². The van der Waals surface area contributed by atoms with Crippen molar-refractivity contribution in [3.63, 3.8) is 0 Å². The van der Waals surface area contributed by atoms with Gasteiger partial charge in [-0.05, 0) is 42.0 Å². The van der Waals surface area contributed by atoms with E-state index in [2.05, 4.69) is 14.7 Å². The number of carbonyl (C=O) groups is 2. The molecule has 1 N–H and O–H groups in total. The first-order valence-corrected chi connectivity index (χ1v) is 9.94. The number of aromatic nitrogens is 2. The maximum Gasteiger partial charge on any atom is 0.436 e. The first-order chi connectivity index (χ1) is 16.2. The minimum absolute atomic E-state index is 0.198. The fraction of sp³-hybridized carbons (Fsp3) is 0.217. The summed E-state index contributed by atoms with van der Waals surface area (Å²) in [4.78, 5) is 34.3. The van der Waals surface area contributed by atoms with Crippen molar-refractivity contribution in [3.05, 3.63) is 95.8 Å². The van der Waals surface area contributed by atoms with Crippen LogP contribution in [0.5, 0.6) is 0 Å². The van der Waals surface area contributed by atoms with Gasteiger partial charge in [-0.2, -0.15) is 13.2 Å². The lowest BCUT2D eigenvalue weighted by Crippen LogP contribution is -2.73. The van der Waals surface area contributed by atoms with Crippen LogP contribution in [0.1, 0.15) is 21.6 Å². The van der Waals surface area contributed by atoms with Crippen LogP contribution in [0.15, 0.2) is 73.2 Å². The molecule has 1 atom stereocenters. The quantitative estimate of drug-likeness (QED) is 0.305. The summed E-state index contributed by atoms with van der Waals surface area (Å²) >= 11 is 0. The molecule has 0 radical (unpaired) electrons. The Bertz CT molecular complexity index is 1090. The zero-order chi connectivity index (χ0) is 24.8. The predicted molar refractivity (Wildman–Crippen MR) is 112 cm³/mol. The number of alkyl halides is 3. The highest BCUT2D eigenvalue weighted by Crippen LogP contribution is 2.37. The molecule has 0 saturated heterocycles. The predicted octanol–water partition coefficient (Wildman–Crippen LogP) is 3.48. The minimum Gasteiger partial charge on any atom is -0.466 e. The lowest BCUT2D eigenvalue weighted by molar-refractivity contribution is -0.249. The largest absolute Gasteiger partial charge is 0.466 e. The van der Waals surface area contributed by atoms with Crippen molar-refractivity contribution >= 4 is 11.9 Å². The van der Waals surface area contributed by atoms with E-state index in [1.807, 2.05) is 0 Å². The molecule has 178 valence electrons. The standard InChI is InChI=1S/C23H20F4N4O3/c1-34-21(33)22(23(25,26)27,30-20(32)17-7-4-8-18(24)12-17)31(14-16-6-5-10-28-13-16)15-19-9-2-3-11-29-19/h2-13H,14-15H2,1H3,(H,30,32). The Morgan fingerprint density at radius 2 is 1.82 bits per heavy atom. The molecular formula is C23H20F4N4O3. The number of methoxy groups -OCH3 is 1. The topological polar surface area (TPSA) is 84.4 Å². The van der Waals surface area contributed by atoms with E-state index in [4.69, 9.17) is 0 Å². The maximum atomic E-state index is 14.8. The summed E-state index contributed by atoms with van der Waals surface area (Å²) in [6.45, 7) is -0.948. The number of hydrogen-bond donors (Lipinski definition) is 1. The van der Waals surface area contributed by atoms with Crippen molar-refractivity contribution < 1.29 is 31.9 Å². The van der Waals surface area contributed by atoms with E-state index < -0.39 is 48.2 Å². The number of halogens is 4. The molecule has 3 rings (SSSR count). The van der Waals surface area contributed by atoms with Gasteiger partial charge in [-0.1, -0.05) is 18.2 Å². The Labute approximate surface area is 192 Å². The Balaban J connectivity index is 2.15. The zero-order valence-electron chi connectivity index (χ0n) is 17.9. The molecule has 3 aromatic rings. The van der Waals surface area contributed by atoms with Crippen molar-refractivity contribution in [3.8, 4) is 0 Å². The first-order valence-electron chi connectivity index (χ1n) is 9.94. The monoisotopic (exact) mass is 476 g/mol. The molecule has 2 aromatic heterocycles. The van der Waals surface area contributed by atoms with E-state index in [1.165, 1.54) is 42.9 Å². The minimum atomic E-state index is -5.35. The summed E-state index contributed by atoms with van der Waals surface area (Å²) in [6.07, 6.45) is -1.19.